The second-order valence-corrected chi connectivity index (χ2v) is 6.52. The predicted octanol–water partition coefficient (Wildman–Crippen LogP) is 4.18. The van der Waals surface area contributed by atoms with Gasteiger partial charge in [0.2, 0.25) is 0 Å². The van der Waals surface area contributed by atoms with E-state index in [-0.39, 0.29) is 24.3 Å². The number of carbonyl (C=O) groups is 1. The van der Waals surface area contributed by atoms with E-state index in [4.69, 9.17) is 9.15 Å². The molecule has 0 radical (unpaired) electrons. The van der Waals surface area contributed by atoms with E-state index in [0.29, 0.717) is 5.76 Å². The van der Waals surface area contributed by atoms with E-state index >= 15 is 0 Å². The minimum Gasteiger partial charge on any atom is -0.485 e. The number of para-hydroxylation sites is 1. The van der Waals surface area contributed by atoms with Crippen LogP contribution < -0.4 is 10.1 Å². The monoisotopic (exact) mass is 367 g/mol. The van der Waals surface area contributed by atoms with Crippen molar-refractivity contribution >= 4 is 5.91 Å². The molecule has 0 bridgehead atoms. The molecule has 1 unspecified atom stereocenters. The van der Waals surface area contributed by atoms with Gasteiger partial charge in [-0.25, -0.2) is 0 Å². The lowest BCUT2D eigenvalue weighted by atomic mass is 10.1. The van der Waals surface area contributed by atoms with Gasteiger partial charge in [0.15, 0.2) is 5.76 Å². The van der Waals surface area contributed by atoms with E-state index in [2.05, 4.69) is 10.4 Å². The number of ether oxygens (including phenoxy) is 1. The molecule has 2 heterocycles. The molecular weight excluding hydrogens is 342 g/mol. The second-order valence-electron chi connectivity index (χ2n) is 6.52. The molecule has 0 aliphatic rings. The quantitative estimate of drug-likeness (QED) is 0.680. The van der Waals surface area contributed by atoms with Crippen LogP contribution >= 0.6 is 0 Å². The van der Waals surface area contributed by atoms with Gasteiger partial charge >= 0.3 is 0 Å². The molecule has 3 rings (SSSR count). The first-order valence-corrected chi connectivity index (χ1v) is 9.10. The summed E-state index contributed by atoms with van der Waals surface area (Å²) in [6.45, 7) is 9.04. The normalized spacial score (nSPS) is 12.0. The highest BCUT2D eigenvalue weighted by atomic mass is 16.5. The number of hydrogen-bond acceptors (Lipinski definition) is 4. The first-order chi connectivity index (χ1) is 13.0. The Kier molecular flexibility index (Phi) is 5.64. The molecule has 1 N–H and O–H groups in total. The molecule has 0 saturated heterocycles. The molecule has 0 aliphatic heterocycles. The lowest BCUT2D eigenvalue weighted by Gasteiger charge is -2.13. The molecule has 0 spiro atoms. The van der Waals surface area contributed by atoms with Gasteiger partial charge in [0.1, 0.15) is 18.1 Å². The number of carbonyl (C=O) groups excluding carboxylic acids is 1. The van der Waals surface area contributed by atoms with Crippen molar-refractivity contribution in [3.8, 4) is 5.75 Å². The Balaban J connectivity index is 1.61. The van der Waals surface area contributed by atoms with Crippen molar-refractivity contribution in [3.63, 3.8) is 0 Å². The van der Waals surface area contributed by atoms with Crippen molar-refractivity contribution in [2.75, 3.05) is 0 Å². The van der Waals surface area contributed by atoms with E-state index in [1.165, 1.54) is 0 Å². The van der Waals surface area contributed by atoms with Crippen molar-refractivity contribution in [2.45, 2.75) is 46.9 Å². The third-order valence-electron chi connectivity index (χ3n) is 4.60. The predicted molar refractivity (Wildman–Crippen MR) is 103 cm³/mol. The SMILES string of the molecule is CCn1ncc(C(C)NC(=O)c2ccc(COc3ccccc3C)o2)c1C. The number of hydrogen-bond donors (Lipinski definition) is 1. The summed E-state index contributed by atoms with van der Waals surface area (Å²) in [5.41, 5.74) is 3.11. The van der Waals surface area contributed by atoms with Crippen LogP contribution in [0.25, 0.3) is 0 Å². The molecular formula is C21H25N3O3. The number of aromatic nitrogens is 2. The Bertz CT molecular complexity index is 926. The van der Waals surface area contributed by atoms with Crippen molar-refractivity contribution < 1.29 is 13.9 Å². The molecule has 1 atom stereocenters. The first kappa shape index (κ1) is 18.8. The Morgan fingerprint density at radius 3 is 2.74 bits per heavy atom. The molecule has 6 nitrogen and oxygen atoms in total. The number of furan rings is 1. The molecule has 27 heavy (non-hydrogen) atoms. The summed E-state index contributed by atoms with van der Waals surface area (Å²) in [5.74, 6) is 1.42. The van der Waals surface area contributed by atoms with E-state index < -0.39 is 0 Å². The van der Waals surface area contributed by atoms with Gasteiger partial charge in [-0.2, -0.15) is 5.10 Å². The zero-order chi connectivity index (χ0) is 19.4. The molecule has 1 amide bonds. The molecule has 2 aromatic heterocycles. The van der Waals surface area contributed by atoms with Crippen LogP contribution in [0.5, 0.6) is 5.75 Å². The van der Waals surface area contributed by atoms with Gasteiger partial charge in [0, 0.05) is 17.8 Å². The van der Waals surface area contributed by atoms with Crippen molar-refractivity contribution in [2.24, 2.45) is 0 Å². The maximum Gasteiger partial charge on any atom is 0.287 e. The van der Waals surface area contributed by atoms with Gasteiger partial charge in [-0.3, -0.25) is 9.48 Å². The van der Waals surface area contributed by atoms with Crippen LogP contribution in [0.1, 0.15) is 53.0 Å². The fourth-order valence-corrected chi connectivity index (χ4v) is 3.00. The number of aryl methyl sites for hydroxylation is 2. The summed E-state index contributed by atoms with van der Waals surface area (Å²) in [5, 5.41) is 7.29. The smallest absolute Gasteiger partial charge is 0.287 e. The van der Waals surface area contributed by atoms with Crippen molar-refractivity contribution in [1.82, 2.24) is 15.1 Å². The highest BCUT2D eigenvalue weighted by molar-refractivity contribution is 5.91. The summed E-state index contributed by atoms with van der Waals surface area (Å²) < 4.78 is 13.3. The molecule has 142 valence electrons. The van der Waals surface area contributed by atoms with Crippen LogP contribution in [0, 0.1) is 13.8 Å². The second kappa shape index (κ2) is 8.12. The van der Waals surface area contributed by atoms with Gasteiger partial charge in [-0.15, -0.1) is 0 Å². The van der Waals surface area contributed by atoms with E-state index in [1.807, 2.05) is 56.6 Å². The van der Waals surface area contributed by atoms with E-state index in [9.17, 15) is 4.79 Å². The maximum atomic E-state index is 12.5. The molecule has 3 aromatic rings. The number of rotatable bonds is 7. The summed E-state index contributed by atoms with van der Waals surface area (Å²) >= 11 is 0. The standard InChI is InChI=1S/C21H25N3O3/c1-5-24-16(4)18(12-22-24)15(3)23-21(25)20-11-10-17(27-20)13-26-19-9-7-6-8-14(19)2/h6-12,15H,5,13H2,1-4H3,(H,23,25). The van der Waals surface area contributed by atoms with Crippen molar-refractivity contribution in [3.05, 3.63) is 70.9 Å². The molecule has 0 fully saturated rings. The maximum absolute atomic E-state index is 12.5. The third-order valence-corrected chi connectivity index (χ3v) is 4.60. The van der Waals surface area contributed by atoms with Gasteiger partial charge in [0.05, 0.1) is 12.2 Å². The van der Waals surface area contributed by atoms with Gasteiger partial charge in [-0.05, 0) is 51.5 Å². The van der Waals surface area contributed by atoms with Crippen molar-refractivity contribution in [1.29, 1.82) is 0 Å². The molecule has 1 aromatic carbocycles. The summed E-state index contributed by atoms with van der Waals surface area (Å²) in [4.78, 5) is 12.5. The largest absolute Gasteiger partial charge is 0.485 e. The number of nitrogens with one attached hydrogen (secondary N) is 1. The fraction of sp³-hybridized carbons (Fsp3) is 0.333. The lowest BCUT2D eigenvalue weighted by Crippen LogP contribution is -2.26. The molecule has 6 heteroatoms. The van der Waals surface area contributed by atoms with Crippen LogP contribution in [-0.4, -0.2) is 15.7 Å². The Morgan fingerprint density at radius 2 is 2.04 bits per heavy atom. The van der Waals surface area contributed by atoms with Crippen LogP contribution in [0.4, 0.5) is 0 Å². The van der Waals surface area contributed by atoms with Gasteiger partial charge in [-0.1, -0.05) is 18.2 Å². The minimum absolute atomic E-state index is 0.158. The number of nitrogens with zero attached hydrogens (tertiary/aromatic N) is 2. The van der Waals surface area contributed by atoms with E-state index in [1.54, 1.807) is 18.3 Å². The van der Waals surface area contributed by atoms with Crippen LogP contribution in [0.2, 0.25) is 0 Å². The summed E-state index contributed by atoms with van der Waals surface area (Å²) in [6, 6.07) is 11.1. The minimum atomic E-state index is -0.256. The third kappa shape index (κ3) is 4.22. The van der Waals surface area contributed by atoms with Crippen LogP contribution in [0.3, 0.4) is 0 Å². The number of benzene rings is 1. The van der Waals surface area contributed by atoms with Gasteiger partial charge < -0.3 is 14.5 Å². The summed E-state index contributed by atoms with van der Waals surface area (Å²) in [7, 11) is 0. The highest BCUT2D eigenvalue weighted by Gasteiger charge is 2.18. The summed E-state index contributed by atoms with van der Waals surface area (Å²) in [6.07, 6.45) is 1.80. The van der Waals surface area contributed by atoms with Gasteiger partial charge in [0.25, 0.3) is 5.91 Å². The Labute approximate surface area is 159 Å². The molecule has 0 aliphatic carbocycles. The average molecular weight is 367 g/mol. The van der Waals surface area contributed by atoms with Crippen LogP contribution in [0.15, 0.2) is 47.0 Å². The number of amides is 1. The van der Waals surface area contributed by atoms with Crippen LogP contribution in [-0.2, 0) is 13.2 Å². The Morgan fingerprint density at radius 1 is 1.26 bits per heavy atom. The first-order valence-electron chi connectivity index (χ1n) is 9.10. The lowest BCUT2D eigenvalue weighted by molar-refractivity contribution is 0.0907. The highest BCUT2D eigenvalue weighted by Crippen LogP contribution is 2.20. The Hall–Kier alpha value is -3.02. The zero-order valence-corrected chi connectivity index (χ0v) is 16.2. The average Bonchev–Trinajstić information content (AvgIpc) is 3.27. The topological polar surface area (TPSA) is 69.3 Å². The van der Waals surface area contributed by atoms with E-state index in [0.717, 1.165) is 29.1 Å². The fourth-order valence-electron chi connectivity index (χ4n) is 3.00. The zero-order valence-electron chi connectivity index (χ0n) is 16.2. The molecule has 0 saturated carbocycles.